The van der Waals surface area contributed by atoms with E-state index in [0.29, 0.717) is 23.6 Å². The van der Waals surface area contributed by atoms with Gasteiger partial charge >= 0.3 is 0 Å². The normalized spacial score (nSPS) is 32.1. The molecular weight excluding hydrogens is 238 g/mol. The van der Waals surface area contributed by atoms with Crippen molar-refractivity contribution < 1.29 is 9.53 Å². The molecular formula is C16H19NO2. The van der Waals surface area contributed by atoms with Crippen molar-refractivity contribution >= 4 is 5.78 Å². The molecule has 3 rings (SSSR count). The predicted octanol–water partition coefficient (Wildman–Crippen LogP) is 2.90. The predicted molar refractivity (Wildman–Crippen MR) is 73.3 cm³/mol. The average Bonchev–Trinajstić information content (AvgIpc) is 2.36. The fourth-order valence-corrected chi connectivity index (χ4v) is 3.96. The van der Waals surface area contributed by atoms with Gasteiger partial charge in [0.25, 0.3) is 0 Å². The zero-order valence-corrected chi connectivity index (χ0v) is 11.6. The summed E-state index contributed by atoms with van der Waals surface area (Å²) in [7, 11) is 1.60. The minimum absolute atomic E-state index is 0.157. The molecule has 0 spiro atoms. The summed E-state index contributed by atoms with van der Waals surface area (Å²) in [5, 5.41) is 0. The summed E-state index contributed by atoms with van der Waals surface area (Å²) in [4.78, 5) is 17.0. The van der Waals surface area contributed by atoms with Crippen LogP contribution in [0.25, 0.3) is 0 Å². The second-order valence-electron chi connectivity index (χ2n) is 5.84. The van der Waals surface area contributed by atoms with Crippen molar-refractivity contribution in [2.24, 2.45) is 23.7 Å². The van der Waals surface area contributed by atoms with E-state index in [0.717, 1.165) is 17.7 Å². The molecule has 0 N–H and O–H groups in total. The number of carbonyl (C=O) groups excluding carboxylic acids is 1. The third kappa shape index (κ3) is 1.64. The minimum Gasteiger partial charge on any atom is -0.481 e. The van der Waals surface area contributed by atoms with E-state index in [9.17, 15) is 4.79 Å². The maximum Gasteiger partial charge on any atom is 0.213 e. The van der Waals surface area contributed by atoms with Crippen molar-refractivity contribution in [2.75, 3.05) is 7.11 Å². The maximum absolute atomic E-state index is 12.5. The van der Waals surface area contributed by atoms with Crippen LogP contribution in [0, 0.1) is 23.7 Å². The molecule has 1 saturated carbocycles. The van der Waals surface area contributed by atoms with Gasteiger partial charge in [-0.2, -0.15) is 0 Å². The lowest BCUT2D eigenvalue weighted by Crippen LogP contribution is -2.53. The van der Waals surface area contributed by atoms with Crippen molar-refractivity contribution in [1.82, 2.24) is 4.98 Å². The number of ketones is 1. The Morgan fingerprint density at radius 3 is 2.84 bits per heavy atom. The Morgan fingerprint density at radius 1 is 1.47 bits per heavy atom. The highest BCUT2D eigenvalue weighted by Gasteiger charge is 2.54. The molecule has 100 valence electrons. The Bertz CT molecular complexity index is 564. The zero-order valence-electron chi connectivity index (χ0n) is 11.6. The van der Waals surface area contributed by atoms with Crippen LogP contribution in [0.3, 0.4) is 0 Å². The Hall–Kier alpha value is -1.64. The first-order valence-electron chi connectivity index (χ1n) is 6.78. The van der Waals surface area contributed by atoms with Gasteiger partial charge in [-0.1, -0.05) is 19.1 Å². The van der Waals surface area contributed by atoms with E-state index in [-0.39, 0.29) is 11.7 Å². The molecule has 1 aromatic heterocycles. The summed E-state index contributed by atoms with van der Waals surface area (Å²) in [6.45, 7) is 8.31. The van der Waals surface area contributed by atoms with Gasteiger partial charge < -0.3 is 4.74 Å². The lowest BCUT2D eigenvalue weighted by molar-refractivity contribution is 0.0128. The van der Waals surface area contributed by atoms with Crippen LogP contribution in [0.1, 0.15) is 29.9 Å². The number of rotatable bonds is 2. The van der Waals surface area contributed by atoms with E-state index in [1.165, 1.54) is 5.57 Å². The van der Waals surface area contributed by atoms with Gasteiger partial charge in [-0.05, 0) is 37.2 Å². The van der Waals surface area contributed by atoms with Crippen LogP contribution < -0.4 is 4.74 Å². The maximum atomic E-state index is 12.5. The van der Waals surface area contributed by atoms with Crippen molar-refractivity contribution in [3.63, 3.8) is 0 Å². The summed E-state index contributed by atoms with van der Waals surface area (Å²) >= 11 is 0. The Kier molecular flexibility index (Phi) is 2.73. The van der Waals surface area contributed by atoms with Gasteiger partial charge in [-0.3, -0.25) is 4.79 Å². The largest absolute Gasteiger partial charge is 0.481 e. The van der Waals surface area contributed by atoms with E-state index in [1.54, 1.807) is 13.2 Å². The monoisotopic (exact) mass is 257 g/mol. The van der Waals surface area contributed by atoms with Gasteiger partial charge in [0.1, 0.15) is 0 Å². The number of aromatic nitrogens is 1. The number of carbonyl (C=O) groups is 1. The number of Topliss-reactive ketones (excluding diaryl/α,β-unsaturated/α-hetero) is 1. The number of pyridine rings is 1. The van der Waals surface area contributed by atoms with E-state index in [2.05, 4.69) is 25.4 Å². The second-order valence-corrected chi connectivity index (χ2v) is 5.84. The van der Waals surface area contributed by atoms with Crippen LogP contribution in [-0.4, -0.2) is 17.9 Å². The molecule has 1 aromatic rings. The zero-order chi connectivity index (χ0) is 13.7. The number of methoxy groups -OCH3 is 1. The molecule has 0 unspecified atom stereocenters. The van der Waals surface area contributed by atoms with Crippen molar-refractivity contribution in [3.05, 3.63) is 35.5 Å². The van der Waals surface area contributed by atoms with Crippen LogP contribution in [-0.2, 0) is 6.42 Å². The third-order valence-electron chi connectivity index (χ3n) is 4.78. The molecule has 0 aliphatic heterocycles. The average molecular weight is 257 g/mol. The summed E-state index contributed by atoms with van der Waals surface area (Å²) < 4.78 is 5.15. The van der Waals surface area contributed by atoms with Crippen molar-refractivity contribution in [2.45, 2.75) is 20.3 Å². The molecule has 4 atom stereocenters. The van der Waals surface area contributed by atoms with Gasteiger partial charge in [0.05, 0.1) is 12.8 Å². The highest BCUT2D eigenvalue weighted by Crippen LogP contribution is 2.54. The quantitative estimate of drug-likeness (QED) is 0.765. The summed E-state index contributed by atoms with van der Waals surface area (Å²) in [6.07, 6.45) is 0.866. The van der Waals surface area contributed by atoms with E-state index >= 15 is 0 Å². The standard InChI is InChI=1S/C16H19NO2/c1-8(2)14-9(3)15-11(14)7-12-10(16(15)18)5-6-13(17-12)19-4/h5-6,9,11,14-15H,1,7H2,2-4H3/t9-,11-,14-,15+/m1/s1. The minimum atomic E-state index is 0.157. The number of ether oxygens (including phenoxy) is 1. The molecule has 0 aromatic carbocycles. The van der Waals surface area contributed by atoms with Crippen LogP contribution in [0.15, 0.2) is 24.3 Å². The first kappa shape index (κ1) is 12.4. The van der Waals surface area contributed by atoms with Gasteiger partial charge in [-0.15, -0.1) is 0 Å². The second kappa shape index (κ2) is 4.19. The number of hydrogen-bond donors (Lipinski definition) is 0. The molecule has 3 nitrogen and oxygen atoms in total. The Labute approximate surface area is 113 Å². The number of allylic oxidation sites excluding steroid dienone is 1. The molecule has 2 aliphatic carbocycles. The fraction of sp³-hybridized carbons (Fsp3) is 0.500. The highest BCUT2D eigenvalue weighted by molar-refractivity contribution is 6.01. The third-order valence-corrected chi connectivity index (χ3v) is 4.78. The SMILES string of the molecule is C=C(C)[C@@H]1[C@@H](C)[C@@H]2C(=O)c3ccc(OC)nc3C[C@H]12. The first-order valence-corrected chi connectivity index (χ1v) is 6.78. The summed E-state index contributed by atoms with van der Waals surface area (Å²) in [6, 6.07) is 3.64. The molecule has 1 heterocycles. The van der Waals surface area contributed by atoms with Crippen molar-refractivity contribution in [3.8, 4) is 5.88 Å². The lowest BCUT2D eigenvalue weighted by atomic mass is 9.50. The van der Waals surface area contributed by atoms with Crippen molar-refractivity contribution in [1.29, 1.82) is 0 Å². The summed E-state index contributed by atoms with van der Waals surface area (Å²) in [5.74, 6) is 2.24. The molecule has 2 aliphatic rings. The van der Waals surface area contributed by atoms with Crippen LogP contribution in [0.2, 0.25) is 0 Å². The molecule has 0 amide bonds. The molecule has 3 heteroatoms. The van der Waals surface area contributed by atoms with Crippen LogP contribution in [0.5, 0.6) is 5.88 Å². The van der Waals surface area contributed by atoms with Gasteiger partial charge in [-0.25, -0.2) is 4.98 Å². The van der Waals surface area contributed by atoms with E-state index < -0.39 is 0 Å². The molecule has 19 heavy (non-hydrogen) atoms. The number of fused-ring (bicyclic) bond motifs is 2. The number of hydrogen-bond acceptors (Lipinski definition) is 3. The lowest BCUT2D eigenvalue weighted by Gasteiger charge is -2.52. The molecule has 1 fully saturated rings. The Balaban J connectivity index is 1.99. The molecule has 0 radical (unpaired) electrons. The molecule has 0 bridgehead atoms. The fourth-order valence-electron chi connectivity index (χ4n) is 3.96. The van der Waals surface area contributed by atoms with Crippen LogP contribution in [0.4, 0.5) is 0 Å². The van der Waals surface area contributed by atoms with Gasteiger partial charge in [0.2, 0.25) is 5.88 Å². The van der Waals surface area contributed by atoms with Gasteiger partial charge in [0, 0.05) is 17.5 Å². The molecule has 0 saturated heterocycles. The smallest absolute Gasteiger partial charge is 0.213 e. The Morgan fingerprint density at radius 2 is 2.21 bits per heavy atom. The first-order chi connectivity index (χ1) is 9.04. The topological polar surface area (TPSA) is 39.2 Å². The number of nitrogens with zero attached hydrogens (tertiary/aromatic N) is 1. The van der Waals surface area contributed by atoms with Gasteiger partial charge in [0.15, 0.2) is 5.78 Å². The summed E-state index contributed by atoms with van der Waals surface area (Å²) in [5.41, 5.74) is 2.87. The van der Waals surface area contributed by atoms with Crippen LogP contribution >= 0.6 is 0 Å². The highest BCUT2D eigenvalue weighted by atomic mass is 16.5. The van der Waals surface area contributed by atoms with E-state index in [1.807, 2.05) is 6.07 Å². The van der Waals surface area contributed by atoms with E-state index in [4.69, 9.17) is 4.74 Å².